The van der Waals surface area contributed by atoms with Gasteiger partial charge in [-0.05, 0) is 67.5 Å². The summed E-state index contributed by atoms with van der Waals surface area (Å²) in [5.74, 6) is 0.568. The first-order chi connectivity index (χ1) is 16.6. The number of nitriles is 1. The van der Waals surface area contributed by atoms with E-state index in [4.69, 9.17) is 20.4 Å². The molecule has 36 heavy (non-hydrogen) atoms. The summed E-state index contributed by atoms with van der Waals surface area (Å²) in [6, 6.07) is 12.9. The molecule has 0 saturated carbocycles. The Morgan fingerprint density at radius 1 is 1.14 bits per heavy atom. The van der Waals surface area contributed by atoms with Crippen LogP contribution in [0.1, 0.15) is 45.2 Å². The normalized spacial score (nSPS) is 14.2. The molecule has 1 unspecified atom stereocenters. The molecule has 2 atom stereocenters. The van der Waals surface area contributed by atoms with Gasteiger partial charge in [-0.2, -0.15) is 5.26 Å². The molecule has 0 aliphatic carbocycles. The molecular weight excluding hydrogens is 516 g/mol. The quantitative estimate of drug-likeness (QED) is 0.330. The predicted molar refractivity (Wildman–Crippen MR) is 143 cm³/mol. The molecule has 0 spiro atoms. The number of halogens is 1. The van der Waals surface area contributed by atoms with Gasteiger partial charge in [0.15, 0.2) is 18.2 Å². The Bertz CT molecular complexity index is 1380. The summed E-state index contributed by atoms with van der Waals surface area (Å²) in [5, 5.41) is 21.4. The number of aromatic nitrogens is 2. The Morgan fingerprint density at radius 2 is 1.78 bits per heavy atom. The molecular formula is C25H31ClN4O4SSi. The van der Waals surface area contributed by atoms with Crippen molar-refractivity contribution in [2.45, 2.75) is 62.9 Å². The number of anilines is 1. The second-order valence-electron chi connectivity index (χ2n) is 10.3. The van der Waals surface area contributed by atoms with Crippen LogP contribution in [-0.4, -0.2) is 39.3 Å². The van der Waals surface area contributed by atoms with Crippen LogP contribution in [0.15, 0.2) is 51.8 Å². The van der Waals surface area contributed by atoms with Crippen molar-refractivity contribution in [3.05, 3.63) is 58.9 Å². The highest BCUT2D eigenvalue weighted by molar-refractivity contribution is 7.90. The van der Waals surface area contributed by atoms with Gasteiger partial charge in [0, 0.05) is 17.5 Å². The van der Waals surface area contributed by atoms with Gasteiger partial charge in [-0.1, -0.05) is 32.4 Å². The van der Waals surface area contributed by atoms with Crippen LogP contribution < -0.4 is 5.32 Å². The van der Waals surface area contributed by atoms with Crippen LogP contribution in [0, 0.1) is 11.3 Å². The standard InChI is InChI=1S/C25H31ClN4O4SSi/c1-16(34-36(6,7)25(2,3)4)22(28-19-11-8-18(15-27)21(26)14-19)24-30-29-23(33-24)17-9-12-20(13-10-17)35(5,31)32/h8-14,16,22,28H,1-7H3/t16-,22?/m0/s1. The van der Waals surface area contributed by atoms with Crippen LogP contribution in [0.4, 0.5) is 5.69 Å². The molecule has 2 aromatic carbocycles. The molecule has 0 bridgehead atoms. The number of hydrogen-bond donors (Lipinski definition) is 1. The fourth-order valence-electron chi connectivity index (χ4n) is 3.29. The zero-order chi connectivity index (χ0) is 26.9. The van der Waals surface area contributed by atoms with Gasteiger partial charge in [-0.25, -0.2) is 8.42 Å². The Balaban J connectivity index is 1.97. The van der Waals surface area contributed by atoms with Crippen molar-refractivity contribution in [2.24, 2.45) is 0 Å². The number of rotatable bonds is 8. The van der Waals surface area contributed by atoms with Crippen molar-refractivity contribution in [2.75, 3.05) is 11.6 Å². The molecule has 1 heterocycles. The van der Waals surface area contributed by atoms with Crippen molar-refractivity contribution in [1.29, 1.82) is 5.26 Å². The van der Waals surface area contributed by atoms with E-state index < -0.39 is 24.2 Å². The summed E-state index contributed by atoms with van der Waals surface area (Å²) in [7, 11) is -5.46. The average molecular weight is 547 g/mol. The van der Waals surface area contributed by atoms with Crippen molar-refractivity contribution in [1.82, 2.24) is 10.2 Å². The zero-order valence-corrected chi connectivity index (χ0v) is 24.0. The lowest BCUT2D eigenvalue weighted by atomic mass is 10.1. The molecule has 192 valence electrons. The number of nitrogens with zero attached hydrogens (tertiary/aromatic N) is 3. The number of hydrogen-bond acceptors (Lipinski definition) is 8. The van der Waals surface area contributed by atoms with E-state index in [1.54, 1.807) is 30.3 Å². The van der Waals surface area contributed by atoms with E-state index >= 15 is 0 Å². The minimum atomic E-state index is -3.31. The second-order valence-corrected chi connectivity index (χ2v) is 17.4. The zero-order valence-electron chi connectivity index (χ0n) is 21.5. The Hall–Kier alpha value is -2.71. The highest BCUT2D eigenvalue weighted by Crippen LogP contribution is 2.39. The lowest BCUT2D eigenvalue weighted by Gasteiger charge is -2.40. The summed E-state index contributed by atoms with van der Waals surface area (Å²) in [4.78, 5) is 0.208. The molecule has 0 amide bonds. The fourth-order valence-corrected chi connectivity index (χ4v) is 5.56. The molecule has 3 rings (SSSR count). The van der Waals surface area contributed by atoms with Gasteiger partial charge in [-0.3, -0.25) is 0 Å². The first kappa shape index (κ1) is 27.9. The van der Waals surface area contributed by atoms with Crippen molar-refractivity contribution in [3.8, 4) is 17.5 Å². The highest BCUT2D eigenvalue weighted by Gasteiger charge is 2.41. The van der Waals surface area contributed by atoms with Crippen LogP contribution >= 0.6 is 11.6 Å². The monoisotopic (exact) mass is 546 g/mol. The van der Waals surface area contributed by atoms with Gasteiger partial charge in [0.05, 0.1) is 21.6 Å². The summed E-state index contributed by atoms with van der Waals surface area (Å²) in [5.41, 5.74) is 1.65. The molecule has 0 aliphatic rings. The fraction of sp³-hybridized carbons (Fsp3) is 0.400. The average Bonchev–Trinajstić information content (AvgIpc) is 3.26. The minimum Gasteiger partial charge on any atom is -0.418 e. The van der Waals surface area contributed by atoms with Crippen LogP contribution in [-0.2, 0) is 14.3 Å². The largest absolute Gasteiger partial charge is 0.418 e. The third-order valence-corrected chi connectivity index (χ3v) is 12.4. The van der Waals surface area contributed by atoms with Crippen LogP contribution in [0.25, 0.3) is 11.5 Å². The van der Waals surface area contributed by atoms with E-state index in [9.17, 15) is 13.7 Å². The molecule has 0 fully saturated rings. The second kappa shape index (κ2) is 10.3. The lowest BCUT2D eigenvalue weighted by molar-refractivity contribution is 0.166. The Labute approximate surface area is 218 Å². The summed E-state index contributed by atoms with van der Waals surface area (Å²) >= 11 is 6.25. The number of sulfone groups is 1. The van der Waals surface area contributed by atoms with Gasteiger partial charge in [-0.15, -0.1) is 10.2 Å². The lowest BCUT2D eigenvalue weighted by Crippen LogP contribution is -2.45. The van der Waals surface area contributed by atoms with E-state index in [0.717, 1.165) is 6.26 Å². The van der Waals surface area contributed by atoms with Crippen LogP contribution in [0.3, 0.4) is 0 Å². The van der Waals surface area contributed by atoms with Crippen molar-refractivity contribution >= 4 is 35.4 Å². The Kier molecular flexibility index (Phi) is 8.00. The molecule has 0 radical (unpaired) electrons. The maximum Gasteiger partial charge on any atom is 0.247 e. The summed E-state index contributed by atoms with van der Waals surface area (Å²) in [6.07, 6.45) is 0.809. The summed E-state index contributed by atoms with van der Waals surface area (Å²) in [6.45, 7) is 12.8. The predicted octanol–water partition coefficient (Wildman–Crippen LogP) is 6.23. The Morgan fingerprint density at radius 3 is 2.31 bits per heavy atom. The van der Waals surface area contributed by atoms with Gasteiger partial charge in [0.2, 0.25) is 11.8 Å². The molecule has 1 N–H and O–H groups in total. The van der Waals surface area contributed by atoms with Crippen molar-refractivity contribution in [3.63, 3.8) is 0 Å². The molecule has 8 nitrogen and oxygen atoms in total. The van der Waals surface area contributed by atoms with Crippen LogP contribution in [0.5, 0.6) is 0 Å². The maximum absolute atomic E-state index is 11.8. The van der Waals surface area contributed by atoms with E-state index in [0.29, 0.717) is 27.7 Å². The first-order valence-electron chi connectivity index (χ1n) is 11.4. The SMILES string of the molecule is C[C@H](O[Si](C)(C)C(C)(C)C)C(Nc1ccc(C#N)c(Cl)c1)c1nnc(-c2ccc(S(C)(=O)=O)cc2)o1. The smallest absolute Gasteiger partial charge is 0.247 e. The third-order valence-electron chi connectivity index (χ3n) is 6.40. The topological polar surface area (TPSA) is 118 Å². The maximum atomic E-state index is 11.8. The first-order valence-corrected chi connectivity index (χ1v) is 16.6. The number of benzene rings is 2. The molecule has 3 aromatic rings. The van der Waals surface area contributed by atoms with Gasteiger partial charge in [0.25, 0.3) is 0 Å². The van der Waals surface area contributed by atoms with E-state index in [1.807, 2.05) is 6.92 Å². The van der Waals surface area contributed by atoms with Gasteiger partial charge in [0.1, 0.15) is 12.1 Å². The third kappa shape index (κ3) is 6.34. The number of nitrogens with one attached hydrogen (secondary N) is 1. The van der Waals surface area contributed by atoms with Gasteiger partial charge < -0.3 is 14.2 Å². The van der Waals surface area contributed by atoms with E-state index in [1.165, 1.54) is 12.1 Å². The van der Waals surface area contributed by atoms with Crippen molar-refractivity contribution < 1.29 is 17.3 Å². The molecule has 0 saturated heterocycles. The molecule has 1 aromatic heterocycles. The van der Waals surface area contributed by atoms with Gasteiger partial charge >= 0.3 is 0 Å². The van der Waals surface area contributed by atoms with Crippen LogP contribution in [0.2, 0.25) is 23.2 Å². The van der Waals surface area contributed by atoms with E-state index in [-0.39, 0.29) is 21.9 Å². The molecule has 0 aliphatic heterocycles. The minimum absolute atomic E-state index is 0.00900. The summed E-state index contributed by atoms with van der Waals surface area (Å²) < 4.78 is 36.2. The highest BCUT2D eigenvalue weighted by atomic mass is 35.5. The molecule has 11 heteroatoms. The van der Waals surface area contributed by atoms with E-state index in [2.05, 4.69) is 55.4 Å².